The van der Waals surface area contributed by atoms with Crippen molar-refractivity contribution in [2.75, 3.05) is 6.54 Å². The first-order chi connectivity index (χ1) is 16.0. The number of aliphatic hydroxyl groups excluding tert-OH is 1. The lowest BCUT2D eigenvalue weighted by molar-refractivity contribution is 0.0954. The smallest absolute Gasteiger partial charge is 0.251 e. The van der Waals surface area contributed by atoms with Crippen molar-refractivity contribution >= 4 is 5.91 Å². The van der Waals surface area contributed by atoms with Gasteiger partial charge in [0.05, 0.1) is 5.69 Å². The second kappa shape index (κ2) is 10.2. The minimum atomic E-state index is -0.929. The van der Waals surface area contributed by atoms with Crippen LogP contribution in [0.2, 0.25) is 0 Å². The molecule has 5 nitrogen and oxygen atoms in total. The Morgan fingerprint density at radius 1 is 0.939 bits per heavy atom. The number of amides is 1. The molecule has 5 heteroatoms. The zero-order valence-corrected chi connectivity index (χ0v) is 18.8. The highest BCUT2D eigenvalue weighted by Gasteiger charge is 2.17. The van der Waals surface area contributed by atoms with Crippen LogP contribution in [0.1, 0.15) is 44.5 Å². The maximum Gasteiger partial charge on any atom is 0.251 e. The van der Waals surface area contributed by atoms with Gasteiger partial charge in [0, 0.05) is 30.2 Å². The van der Waals surface area contributed by atoms with Crippen molar-refractivity contribution in [3.8, 4) is 11.1 Å². The summed E-state index contributed by atoms with van der Waals surface area (Å²) < 4.78 is 0. The molecular formula is C28H27N3O2. The van der Waals surface area contributed by atoms with Gasteiger partial charge in [-0.25, -0.2) is 0 Å². The normalized spacial score (nSPS) is 11.7. The van der Waals surface area contributed by atoms with E-state index in [9.17, 15) is 9.90 Å². The highest BCUT2D eigenvalue weighted by molar-refractivity contribution is 5.95. The van der Waals surface area contributed by atoms with Gasteiger partial charge in [-0.15, -0.1) is 0 Å². The third-order valence-corrected chi connectivity index (χ3v) is 5.56. The highest BCUT2D eigenvalue weighted by Crippen LogP contribution is 2.28. The number of hydrogen-bond donors (Lipinski definition) is 2. The van der Waals surface area contributed by atoms with Crippen molar-refractivity contribution in [2.24, 2.45) is 0 Å². The molecule has 0 fully saturated rings. The fourth-order valence-electron chi connectivity index (χ4n) is 3.63. The molecule has 0 unspecified atom stereocenters. The molecule has 2 heterocycles. The van der Waals surface area contributed by atoms with Gasteiger partial charge in [-0.05, 0) is 78.9 Å². The molecule has 166 valence electrons. The molecule has 2 N–H and O–H groups in total. The Morgan fingerprint density at radius 3 is 2.45 bits per heavy atom. The molecule has 1 atom stereocenters. The van der Waals surface area contributed by atoms with Gasteiger partial charge in [0.2, 0.25) is 0 Å². The van der Waals surface area contributed by atoms with E-state index in [0.29, 0.717) is 29.8 Å². The molecule has 0 bridgehead atoms. The maximum atomic E-state index is 13.0. The lowest BCUT2D eigenvalue weighted by atomic mass is 9.95. The van der Waals surface area contributed by atoms with E-state index in [4.69, 9.17) is 0 Å². The lowest BCUT2D eigenvalue weighted by Gasteiger charge is -2.15. The first kappa shape index (κ1) is 22.4. The van der Waals surface area contributed by atoms with Crippen molar-refractivity contribution in [1.29, 1.82) is 0 Å². The molecule has 0 aliphatic carbocycles. The molecule has 0 aliphatic heterocycles. The van der Waals surface area contributed by atoms with E-state index < -0.39 is 6.10 Å². The zero-order valence-electron chi connectivity index (χ0n) is 18.8. The van der Waals surface area contributed by atoms with Crippen LogP contribution in [0.3, 0.4) is 0 Å². The van der Waals surface area contributed by atoms with Crippen LogP contribution in [0.15, 0.2) is 85.2 Å². The van der Waals surface area contributed by atoms with E-state index in [2.05, 4.69) is 15.3 Å². The lowest BCUT2D eigenvalue weighted by Crippen LogP contribution is -2.26. The predicted molar refractivity (Wildman–Crippen MR) is 130 cm³/mol. The Balaban J connectivity index is 1.60. The molecule has 0 spiro atoms. The average Bonchev–Trinajstić information content (AvgIpc) is 2.85. The SMILES string of the molecule is Cc1ccc(-c2cc(C(=O)NCCc3ccc(C)nc3)cc([C@@H](O)c3ccccn3)c2)cc1. The number of pyridine rings is 2. The van der Waals surface area contributed by atoms with Gasteiger partial charge in [0.25, 0.3) is 5.91 Å². The second-order valence-corrected chi connectivity index (χ2v) is 8.18. The number of benzene rings is 2. The largest absolute Gasteiger partial charge is 0.382 e. The van der Waals surface area contributed by atoms with E-state index >= 15 is 0 Å². The predicted octanol–water partition coefficient (Wildman–Crippen LogP) is 4.81. The summed E-state index contributed by atoms with van der Waals surface area (Å²) in [6, 6.07) is 23.0. The standard InChI is InChI=1S/C28H27N3O2/c1-19-6-10-22(11-7-19)23-15-24(27(32)26-5-3-4-13-29-26)17-25(16-23)28(33)30-14-12-21-9-8-20(2)31-18-21/h3-11,13,15-18,27,32H,12,14H2,1-2H3,(H,30,33)/t27-/m1/s1. The Morgan fingerprint density at radius 2 is 1.76 bits per heavy atom. The number of aromatic nitrogens is 2. The number of nitrogens with zero attached hydrogens (tertiary/aromatic N) is 2. The second-order valence-electron chi connectivity index (χ2n) is 8.18. The molecule has 2 aromatic carbocycles. The first-order valence-electron chi connectivity index (χ1n) is 11.0. The molecule has 0 aliphatic rings. The minimum absolute atomic E-state index is 0.182. The number of aryl methyl sites for hydroxylation is 2. The van der Waals surface area contributed by atoms with Gasteiger partial charge >= 0.3 is 0 Å². The van der Waals surface area contributed by atoms with Gasteiger partial charge in [-0.3, -0.25) is 14.8 Å². The number of hydrogen-bond acceptors (Lipinski definition) is 4. The van der Waals surface area contributed by atoms with Crippen LogP contribution in [-0.2, 0) is 6.42 Å². The van der Waals surface area contributed by atoms with Gasteiger partial charge in [0.1, 0.15) is 6.10 Å². The molecule has 1 amide bonds. The molecule has 33 heavy (non-hydrogen) atoms. The molecule has 4 aromatic rings. The number of aliphatic hydroxyl groups is 1. The third kappa shape index (κ3) is 5.70. The molecule has 2 aromatic heterocycles. The molecule has 0 radical (unpaired) electrons. The van der Waals surface area contributed by atoms with Crippen LogP contribution >= 0.6 is 0 Å². The van der Waals surface area contributed by atoms with Crippen molar-refractivity contribution in [2.45, 2.75) is 26.4 Å². The first-order valence-corrected chi connectivity index (χ1v) is 11.0. The molecule has 0 saturated carbocycles. The van der Waals surface area contributed by atoms with Crippen LogP contribution in [0.4, 0.5) is 0 Å². The Hall–Kier alpha value is -3.83. The van der Waals surface area contributed by atoms with Crippen LogP contribution in [0.5, 0.6) is 0 Å². The summed E-state index contributed by atoms with van der Waals surface area (Å²) in [6.07, 6.45) is 3.25. The van der Waals surface area contributed by atoms with Gasteiger partial charge < -0.3 is 10.4 Å². The average molecular weight is 438 g/mol. The minimum Gasteiger partial charge on any atom is -0.382 e. The Bertz CT molecular complexity index is 1220. The summed E-state index contributed by atoms with van der Waals surface area (Å²) in [6.45, 7) is 4.48. The maximum absolute atomic E-state index is 13.0. The van der Waals surface area contributed by atoms with E-state index in [1.165, 1.54) is 0 Å². The fraction of sp³-hybridized carbons (Fsp3) is 0.179. The summed E-state index contributed by atoms with van der Waals surface area (Å²) >= 11 is 0. The monoisotopic (exact) mass is 437 g/mol. The van der Waals surface area contributed by atoms with Crippen molar-refractivity contribution in [3.63, 3.8) is 0 Å². The van der Waals surface area contributed by atoms with Crippen molar-refractivity contribution < 1.29 is 9.90 Å². The van der Waals surface area contributed by atoms with Gasteiger partial charge in [0.15, 0.2) is 0 Å². The number of rotatable bonds is 7. The van der Waals surface area contributed by atoms with E-state index in [1.54, 1.807) is 24.4 Å². The summed E-state index contributed by atoms with van der Waals surface area (Å²) in [5, 5.41) is 14.0. The summed E-state index contributed by atoms with van der Waals surface area (Å²) in [5.41, 5.74) is 6.71. The van der Waals surface area contributed by atoms with Crippen molar-refractivity contribution in [3.05, 3.63) is 119 Å². The van der Waals surface area contributed by atoms with E-state index in [1.807, 2.05) is 74.6 Å². The summed E-state index contributed by atoms with van der Waals surface area (Å²) in [4.78, 5) is 21.6. The molecule has 0 saturated heterocycles. The number of carbonyl (C=O) groups is 1. The number of carbonyl (C=O) groups excluding carboxylic acids is 1. The highest BCUT2D eigenvalue weighted by atomic mass is 16.3. The quantitative estimate of drug-likeness (QED) is 0.435. The van der Waals surface area contributed by atoms with Crippen LogP contribution in [-0.4, -0.2) is 27.5 Å². The van der Waals surface area contributed by atoms with Gasteiger partial charge in [-0.1, -0.05) is 42.0 Å². The fourth-order valence-corrected chi connectivity index (χ4v) is 3.63. The van der Waals surface area contributed by atoms with Gasteiger partial charge in [-0.2, -0.15) is 0 Å². The van der Waals surface area contributed by atoms with Crippen LogP contribution < -0.4 is 5.32 Å². The Kier molecular flexibility index (Phi) is 6.91. The number of nitrogens with one attached hydrogen (secondary N) is 1. The third-order valence-electron chi connectivity index (χ3n) is 5.56. The Labute approximate surface area is 194 Å². The summed E-state index contributed by atoms with van der Waals surface area (Å²) in [5.74, 6) is -0.182. The molecular weight excluding hydrogens is 410 g/mol. The van der Waals surface area contributed by atoms with Crippen LogP contribution in [0, 0.1) is 13.8 Å². The summed E-state index contributed by atoms with van der Waals surface area (Å²) in [7, 11) is 0. The van der Waals surface area contributed by atoms with E-state index in [0.717, 1.165) is 27.9 Å². The zero-order chi connectivity index (χ0) is 23.2. The van der Waals surface area contributed by atoms with Crippen LogP contribution in [0.25, 0.3) is 11.1 Å². The molecule has 4 rings (SSSR count). The van der Waals surface area contributed by atoms with E-state index in [-0.39, 0.29) is 5.91 Å². The topological polar surface area (TPSA) is 75.1 Å². The van der Waals surface area contributed by atoms with Crippen molar-refractivity contribution in [1.82, 2.24) is 15.3 Å².